The fraction of sp³-hybridized carbons (Fsp3) is 0.478. The summed E-state index contributed by atoms with van der Waals surface area (Å²) in [6.07, 6.45) is 4.96. The van der Waals surface area contributed by atoms with Gasteiger partial charge in [-0.25, -0.2) is 4.98 Å². The molecule has 1 unspecified atom stereocenters. The van der Waals surface area contributed by atoms with Gasteiger partial charge in [-0.1, -0.05) is 24.3 Å². The van der Waals surface area contributed by atoms with E-state index >= 15 is 0 Å². The summed E-state index contributed by atoms with van der Waals surface area (Å²) in [5, 5.41) is 0. The third-order valence-electron chi connectivity index (χ3n) is 6.53. The van der Waals surface area contributed by atoms with Gasteiger partial charge in [0, 0.05) is 64.6 Å². The summed E-state index contributed by atoms with van der Waals surface area (Å²) in [5.74, 6) is 1.27. The van der Waals surface area contributed by atoms with E-state index in [2.05, 4.69) is 59.2 Å². The van der Waals surface area contributed by atoms with Crippen molar-refractivity contribution in [3.05, 3.63) is 53.7 Å². The number of carbonyl (C=O) groups is 1. The van der Waals surface area contributed by atoms with Crippen LogP contribution in [-0.2, 0) is 10.2 Å². The molecule has 0 bridgehead atoms. The molecule has 148 valence electrons. The monoisotopic (exact) mass is 378 g/mol. The molecular formula is C23H30N4O. The molecular weight excluding hydrogens is 348 g/mol. The van der Waals surface area contributed by atoms with Crippen LogP contribution in [0.1, 0.15) is 36.3 Å². The summed E-state index contributed by atoms with van der Waals surface area (Å²) in [5.41, 5.74) is 3.92. The summed E-state index contributed by atoms with van der Waals surface area (Å²) < 4.78 is 0. The lowest BCUT2D eigenvalue weighted by Crippen LogP contribution is -2.42. The summed E-state index contributed by atoms with van der Waals surface area (Å²) in [4.78, 5) is 23.7. The van der Waals surface area contributed by atoms with Crippen molar-refractivity contribution in [3.63, 3.8) is 0 Å². The third kappa shape index (κ3) is 3.13. The quantitative estimate of drug-likeness (QED) is 0.822. The molecule has 1 aliphatic carbocycles. The lowest BCUT2D eigenvalue weighted by Gasteiger charge is -2.41. The van der Waals surface area contributed by atoms with Crippen LogP contribution < -0.4 is 9.80 Å². The molecule has 2 heterocycles. The zero-order valence-corrected chi connectivity index (χ0v) is 17.4. The Morgan fingerprint density at radius 1 is 1.11 bits per heavy atom. The van der Waals surface area contributed by atoms with Gasteiger partial charge in [0.25, 0.3) is 0 Å². The van der Waals surface area contributed by atoms with Crippen LogP contribution in [-0.4, -0.2) is 57.1 Å². The van der Waals surface area contributed by atoms with Crippen LogP contribution in [0.4, 0.5) is 11.5 Å². The van der Waals surface area contributed by atoms with E-state index in [1.165, 1.54) is 16.8 Å². The van der Waals surface area contributed by atoms with Crippen LogP contribution in [0.5, 0.6) is 0 Å². The van der Waals surface area contributed by atoms with Crippen molar-refractivity contribution in [3.8, 4) is 0 Å². The molecule has 1 amide bonds. The molecule has 1 aromatic carbocycles. The Balaban J connectivity index is 1.57. The number of anilines is 2. The summed E-state index contributed by atoms with van der Waals surface area (Å²) in [6, 6.07) is 12.8. The summed E-state index contributed by atoms with van der Waals surface area (Å²) in [7, 11) is 7.84. The number of hydrogen-bond acceptors (Lipinski definition) is 4. The van der Waals surface area contributed by atoms with E-state index in [4.69, 9.17) is 0 Å². The maximum Gasteiger partial charge on any atom is 0.229 e. The van der Waals surface area contributed by atoms with E-state index in [0.717, 1.165) is 38.2 Å². The Morgan fingerprint density at radius 3 is 2.50 bits per heavy atom. The van der Waals surface area contributed by atoms with E-state index in [1.54, 1.807) is 4.90 Å². The van der Waals surface area contributed by atoms with E-state index in [9.17, 15) is 4.79 Å². The normalized spacial score (nSPS) is 20.1. The Kier molecular flexibility index (Phi) is 4.77. The number of nitrogens with zero attached hydrogens (tertiary/aromatic N) is 4. The molecule has 0 saturated carbocycles. The molecule has 1 atom stereocenters. The Labute approximate surface area is 168 Å². The number of pyridine rings is 1. The highest BCUT2D eigenvalue weighted by Gasteiger charge is 2.47. The highest BCUT2D eigenvalue weighted by molar-refractivity contribution is 5.85. The van der Waals surface area contributed by atoms with Crippen LogP contribution in [0, 0.1) is 0 Å². The number of fused-ring (bicyclic) bond motifs is 2. The molecule has 28 heavy (non-hydrogen) atoms. The number of amides is 1. The number of rotatable bonds is 3. The van der Waals surface area contributed by atoms with Crippen LogP contribution in [0.25, 0.3) is 0 Å². The van der Waals surface area contributed by atoms with Crippen LogP contribution >= 0.6 is 0 Å². The zero-order chi connectivity index (χ0) is 19.9. The van der Waals surface area contributed by atoms with Crippen LogP contribution in [0.3, 0.4) is 0 Å². The van der Waals surface area contributed by atoms with Crippen molar-refractivity contribution >= 4 is 17.4 Å². The highest BCUT2D eigenvalue weighted by atomic mass is 16.2. The van der Waals surface area contributed by atoms with E-state index < -0.39 is 0 Å². The lowest BCUT2D eigenvalue weighted by molar-refractivity contribution is -0.130. The predicted molar refractivity (Wildman–Crippen MR) is 114 cm³/mol. The predicted octanol–water partition coefficient (Wildman–Crippen LogP) is 3.26. The number of likely N-dealkylation sites (N-methyl/N-ethyl adjacent to an activating group) is 1. The first-order valence-corrected chi connectivity index (χ1v) is 10.1. The summed E-state index contributed by atoms with van der Waals surface area (Å²) >= 11 is 0. The Hall–Kier alpha value is -2.56. The van der Waals surface area contributed by atoms with E-state index in [1.807, 2.05) is 26.4 Å². The molecule has 0 radical (unpaired) electrons. The van der Waals surface area contributed by atoms with Crippen molar-refractivity contribution in [1.29, 1.82) is 0 Å². The molecule has 1 spiro atoms. The van der Waals surface area contributed by atoms with Crippen molar-refractivity contribution in [2.24, 2.45) is 0 Å². The maximum absolute atomic E-state index is 12.8. The van der Waals surface area contributed by atoms with Crippen molar-refractivity contribution in [1.82, 2.24) is 9.88 Å². The smallest absolute Gasteiger partial charge is 0.229 e. The zero-order valence-electron chi connectivity index (χ0n) is 17.4. The van der Waals surface area contributed by atoms with Crippen LogP contribution in [0.15, 0.2) is 42.6 Å². The number of aromatic nitrogens is 1. The van der Waals surface area contributed by atoms with Gasteiger partial charge in [-0.3, -0.25) is 4.79 Å². The molecule has 4 rings (SSSR count). The van der Waals surface area contributed by atoms with Gasteiger partial charge < -0.3 is 14.7 Å². The lowest BCUT2D eigenvalue weighted by atomic mass is 9.73. The van der Waals surface area contributed by atoms with Gasteiger partial charge in [-0.2, -0.15) is 0 Å². The van der Waals surface area contributed by atoms with Gasteiger partial charge in [0.2, 0.25) is 5.91 Å². The molecule has 1 fully saturated rings. The second-order valence-electron chi connectivity index (χ2n) is 8.61. The van der Waals surface area contributed by atoms with Gasteiger partial charge in [-0.05, 0) is 36.5 Å². The number of piperidine rings is 1. The summed E-state index contributed by atoms with van der Waals surface area (Å²) in [6.45, 7) is 1.95. The number of carbonyl (C=O) groups excluding carboxylic acids is 1. The topological polar surface area (TPSA) is 39.7 Å². The maximum atomic E-state index is 12.8. The van der Waals surface area contributed by atoms with Gasteiger partial charge in [0.15, 0.2) is 0 Å². The number of hydrogen-bond donors (Lipinski definition) is 0. The van der Waals surface area contributed by atoms with Gasteiger partial charge in [-0.15, -0.1) is 0 Å². The molecule has 0 N–H and O–H groups in total. The molecule has 1 aromatic heterocycles. The third-order valence-corrected chi connectivity index (χ3v) is 6.53. The SMILES string of the molecule is CN(C)C(=O)C1CC2(CCN(c3cc(N(C)C)ccn3)CC2)c2ccccc21. The minimum Gasteiger partial charge on any atom is -0.378 e. The molecule has 5 heteroatoms. The Morgan fingerprint density at radius 2 is 1.82 bits per heavy atom. The van der Waals surface area contributed by atoms with Gasteiger partial charge >= 0.3 is 0 Å². The van der Waals surface area contributed by atoms with Crippen LogP contribution in [0.2, 0.25) is 0 Å². The largest absolute Gasteiger partial charge is 0.378 e. The van der Waals surface area contributed by atoms with E-state index in [-0.39, 0.29) is 17.2 Å². The van der Waals surface area contributed by atoms with Crippen molar-refractivity contribution in [2.75, 3.05) is 51.1 Å². The standard InChI is InChI=1S/C23H30N4O/c1-25(2)17-9-12-24-21(15-17)27-13-10-23(11-14-27)16-19(22(28)26(3)4)18-7-5-6-8-20(18)23/h5-9,12,15,19H,10-11,13-14,16H2,1-4H3. The first-order valence-electron chi connectivity index (χ1n) is 10.1. The fourth-order valence-corrected chi connectivity index (χ4v) is 4.92. The average molecular weight is 379 g/mol. The molecule has 2 aromatic rings. The molecule has 1 saturated heterocycles. The molecule has 2 aliphatic rings. The van der Waals surface area contributed by atoms with Gasteiger partial charge in [0.1, 0.15) is 5.82 Å². The van der Waals surface area contributed by atoms with Crippen molar-refractivity contribution < 1.29 is 4.79 Å². The minimum absolute atomic E-state index is 0.00653. The molecule has 1 aliphatic heterocycles. The minimum atomic E-state index is -0.00653. The van der Waals surface area contributed by atoms with E-state index in [0.29, 0.717) is 0 Å². The first-order chi connectivity index (χ1) is 13.4. The fourth-order valence-electron chi connectivity index (χ4n) is 4.92. The average Bonchev–Trinajstić information content (AvgIpc) is 3.02. The van der Waals surface area contributed by atoms with Crippen molar-refractivity contribution in [2.45, 2.75) is 30.6 Å². The molecule has 5 nitrogen and oxygen atoms in total. The van der Waals surface area contributed by atoms with Gasteiger partial charge in [0.05, 0.1) is 5.92 Å². The Bertz CT molecular complexity index is 868. The highest BCUT2D eigenvalue weighted by Crippen LogP contribution is 2.52. The number of benzene rings is 1. The second-order valence-corrected chi connectivity index (χ2v) is 8.61. The second kappa shape index (κ2) is 7.12. The first kappa shape index (κ1) is 18.8.